The minimum absolute atomic E-state index is 0.0318. The van der Waals surface area contributed by atoms with Crippen molar-refractivity contribution in [2.75, 3.05) is 18.0 Å². The molecule has 1 heterocycles. The molecule has 0 bridgehead atoms. The summed E-state index contributed by atoms with van der Waals surface area (Å²) in [5.74, 6) is 1.80. The number of aromatic nitrogens is 1. The van der Waals surface area contributed by atoms with Crippen molar-refractivity contribution < 1.29 is 0 Å². The van der Waals surface area contributed by atoms with Crippen LogP contribution in [0.2, 0.25) is 0 Å². The molecule has 0 unspecified atom stereocenters. The predicted octanol–water partition coefficient (Wildman–Crippen LogP) is 1.60. The quantitative estimate of drug-likeness (QED) is 0.582. The molecule has 0 amide bonds. The van der Waals surface area contributed by atoms with Gasteiger partial charge >= 0.3 is 0 Å². The average Bonchev–Trinajstić information content (AvgIpc) is 3.10. The van der Waals surface area contributed by atoms with Crippen LogP contribution in [0.5, 0.6) is 0 Å². The van der Waals surface area contributed by atoms with Gasteiger partial charge in [-0.05, 0) is 37.8 Å². The smallest absolute Gasteiger partial charge is 0.141 e. The molecule has 1 saturated carbocycles. The van der Waals surface area contributed by atoms with E-state index in [-0.39, 0.29) is 5.84 Å². The molecule has 16 heavy (non-hydrogen) atoms. The van der Waals surface area contributed by atoms with E-state index in [9.17, 15) is 0 Å². The zero-order chi connectivity index (χ0) is 11.5. The second-order valence-corrected chi connectivity index (χ2v) is 4.28. The van der Waals surface area contributed by atoms with Crippen LogP contribution in [0.15, 0.2) is 18.2 Å². The maximum absolute atomic E-state index is 7.38. The first-order valence-electron chi connectivity index (χ1n) is 5.77. The normalized spacial score (nSPS) is 14.8. The van der Waals surface area contributed by atoms with Gasteiger partial charge in [-0.2, -0.15) is 0 Å². The Bertz CT molecular complexity index is 384. The van der Waals surface area contributed by atoms with E-state index in [1.54, 1.807) is 6.07 Å². The summed E-state index contributed by atoms with van der Waals surface area (Å²) in [6.07, 6.45) is 2.67. The van der Waals surface area contributed by atoms with E-state index in [1.165, 1.54) is 12.8 Å². The number of hydrogen-bond donors (Lipinski definition) is 2. The van der Waals surface area contributed by atoms with E-state index >= 15 is 0 Å². The maximum atomic E-state index is 7.38. The van der Waals surface area contributed by atoms with Gasteiger partial charge in [0.1, 0.15) is 17.3 Å². The minimum Gasteiger partial charge on any atom is -0.382 e. The molecule has 0 radical (unpaired) electrons. The molecular weight excluding hydrogens is 200 g/mol. The van der Waals surface area contributed by atoms with Crippen LogP contribution in [0.25, 0.3) is 0 Å². The largest absolute Gasteiger partial charge is 0.382 e. The van der Waals surface area contributed by atoms with E-state index in [4.69, 9.17) is 11.1 Å². The molecule has 1 aromatic rings. The Morgan fingerprint density at radius 2 is 2.31 bits per heavy atom. The van der Waals surface area contributed by atoms with Crippen LogP contribution in [-0.4, -0.2) is 23.9 Å². The van der Waals surface area contributed by atoms with Crippen molar-refractivity contribution in [3.05, 3.63) is 23.9 Å². The first kappa shape index (κ1) is 10.9. The van der Waals surface area contributed by atoms with E-state index in [1.807, 2.05) is 12.1 Å². The predicted molar refractivity (Wildman–Crippen MR) is 65.9 cm³/mol. The Kier molecular flexibility index (Phi) is 3.08. The van der Waals surface area contributed by atoms with Gasteiger partial charge in [0.15, 0.2) is 0 Å². The van der Waals surface area contributed by atoms with E-state index in [0.717, 1.165) is 24.8 Å². The highest BCUT2D eigenvalue weighted by Crippen LogP contribution is 2.30. The monoisotopic (exact) mass is 218 g/mol. The number of amidine groups is 1. The van der Waals surface area contributed by atoms with Crippen molar-refractivity contribution in [2.45, 2.75) is 19.8 Å². The SMILES string of the molecule is CCN(CC1CC1)c1cccc(C(=N)N)n1. The van der Waals surface area contributed by atoms with Crippen LogP contribution in [0.3, 0.4) is 0 Å². The number of pyridine rings is 1. The standard InChI is InChI=1S/C12H18N4/c1-2-16(8-9-6-7-9)11-5-3-4-10(15-11)12(13)14/h3-5,9H,2,6-8H2,1H3,(H3,13,14). The van der Waals surface area contributed by atoms with Crippen molar-refractivity contribution in [3.63, 3.8) is 0 Å². The highest BCUT2D eigenvalue weighted by molar-refractivity contribution is 5.93. The summed E-state index contributed by atoms with van der Waals surface area (Å²) >= 11 is 0. The van der Waals surface area contributed by atoms with Gasteiger partial charge in [0.25, 0.3) is 0 Å². The first-order valence-corrected chi connectivity index (χ1v) is 5.77. The van der Waals surface area contributed by atoms with Gasteiger partial charge in [-0.25, -0.2) is 4.98 Å². The fourth-order valence-corrected chi connectivity index (χ4v) is 1.75. The second-order valence-electron chi connectivity index (χ2n) is 4.28. The van der Waals surface area contributed by atoms with Gasteiger partial charge in [0.05, 0.1) is 0 Å². The topological polar surface area (TPSA) is 66.0 Å². The van der Waals surface area contributed by atoms with Crippen LogP contribution < -0.4 is 10.6 Å². The van der Waals surface area contributed by atoms with Gasteiger partial charge in [-0.15, -0.1) is 0 Å². The fourth-order valence-electron chi connectivity index (χ4n) is 1.75. The van der Waals surface area contributed by atoms with Gasteiger partial charge in [0, 0.05) is 13.1 Å². The molecular formula is C12H18N4. The molecule has 3 N–H and O–H groups in total. The maximum Gasteiger partial charge on any atom is 0.141 e. The lowest BCUT2D eigenvalue weighted by Gasteiger charge is -2.22. The minimum atomic E-state index is 0.0318. The highest BCUT2D eigenvalue weighted by Gasteiger charge is 2.24. The molecule has 1 aromatic heterocycles. The lowest BCUT2D eigenvalue weighted by molar-refractivity contribution is 0.731. The van der Waals surface area contributed by atoms with Crippen LogP contribution >= 0.6 is 0 Å². The van der Waals surface area contributed by atoms with Crippen molar-refractivity contribution in [1.29, 1.82) is 5.41 Å². The summed E-state index contributed by atoms with van der Waals surface area (Å²) in [5.41, 5.74) is 6.00. The first-order chi connectivity index (χ1) is 7.70. The third-order valence-electron chi connectivity index (χ3n) is 2.89. The number of anilines is 1. The second kappa shape index (κ2) is 4.51. The van der Waals surface area contributed by atoms with Gasteiger partial charge in [-0.1, -0.05) is 6.07 Å². The highest BCUT2D eigenvalue weighted by atomic mass is 15.2. The molecule has 0 spiro atoms. The van der Waals surface area contributed by atoms with E-state index < -0.39 is 0 Å². The molecule has 4 nitrogen and oxygen atoms in total. The van der Waals surface area contributed by atoms with Gasteiger partial charge in [-0.3, -0.25) is 5.41 Å². The molecule has 1 aliphatic rings. The van der Waals surface area contributed by atoms with Crippen LogP contribution in [0, 0.1) is 11.3 Å². The third kappa shape index (κ3) is 2.51. The summed E-state index contributed by atoms with van der Waals surface area (Å²) in [5, 5.41) is 7.38. The number of rotatable bonds is 5. The lowest BCUT2D eigenvalue weighted by atomic mass is 10.3. The van der Waals surface area contributed by atoms with Crippen LogP contribution in [-0.2, 0) is 0 Å². The third-order valence-corrected chi connectivity index (χ3v) is 2.89. The number of nitrogens with zero attached hydrogens (tertiary/aromatic N) is 2. The Balaban J connectivity index is 2.15. The number of nitrogens with two attached hydrogens (primary N) is 1. The molecule has 4 heteroatoms. The summed E-state index contributed by atoms with van der Waals surface area (Å²) < 4.78 is 0. The molecule has 1 aliphatic carbocycles. The Morgan fingerprint density at radius 3 is 2.88 bits per heavy atom. The lowest BCUT2D eigenvalue weighted by Crippen LogP contribution is -2.27. The summed E-state index contributed by atoms with van der Waals surface area (Å²) in [4.78, 5) is 6.65. The number of hydrogen-bond acceptors (Lipinski definition) is 3. The number of nitrogens with one attached hydrogen (secondary N) is 1. The summed E-state index contributed by atoms with van der Waals surface area (Å²) in [6, 6.07) is 5.67. The number of nitrogen functional groups attached to an aromatic ring is 1. The van der Waals surface area contributed by atoms with Crippen molar-refractivity contribution in [1.82, 2.24) is 4.98 Å². The van der Waals surface area contributed by atoms with Crippen LogP contribution in [0.4, 0.5) is 5.82 Å². The molecule has 0 aromatic carbocycles. The Hall–Kier alpha value is -1.58. The van der Waals surface area contributed by atoms with Gasteiger partial charge < -0.3 is 10.6 Å². The van der Waals surface area contributed by atoms with Crippen LogP contribution in [0.1, 0.15) is 25.5 Å². The van der Waals surface area contributed by atoms with Crippen molar-refractivity contribution in [3.8, 4) is 0 Å². The molecule has 0 atom stereocenters. The van der Waals surface area contributed by atoms with Crippen molar-refractivity contribution >= 4 is 11.7 Å². The Morgan fingerprint density at radius 1 is 1.56 bits per heavy atom. The zero-order valence-electron chi connectivity index (χ0n) is 9.61. The molecule has 0 saturated heterocycles. The molecule has 1 fully saturated rings. The van der Waals surface area contributed by atoms with E-state index in [2.05, 4.69) is 16.8 Å². The zero-order valence-corrected chi connectivity index (χ0v) is 9.61. The Labute approximate surface area is 96.0 Å². The molecule has 2 rings (SSSR count). The molecule has 0 aliphatic heterocycles. The van der Waals surface area contributed by atoms with E-state index in [0.29, 0.717) is 5.69 Å². The average molecular weight is 218 g/mol. The fraction of sp³-hybridized carbons (Fsp3) is 0.500. The summed E-state index contributed by atoms with van der Waals surface area (Å²) in [6.45, 7) is 4.15. The van der Waals surface area contributed by atoms with Gasteiger partial charge in [0.2, 0.25) is 0 Å². The summed E-state index contributed by atoms with van der Waals surface area (Å²) in [7, 11) is 0. The molecule has 86 valence electrons. The van der Waals surface area contributed by atoms with Crippen molar-refractivity contribution in [2.24, 2.45) is 11.7 Å².